The lowest BCUT2D eigenvalue weighted by atomic mass is 10.8. The number of hydrogen-bond acceptors (Lipinski definition) is 9. The van der Waals surface area contributed by atoms with Crippen molar-refractivity contribution in [2.24, 2.45) is 5.16 Å². The van der Waals surface area contributed by atoms with Crippen LogP contribution in [0.5, 0.6) is 6.01 Å². The van der Waals surface area contributed by atoms with Gasteiger partial charge in [0.05, 0.1) is 13.7 Å². The minimum absolute atomic E-state index is 0.105. The van der Waals surface area contributed by atoms with Gasteiger partial charge in [0.25, 0.3) is 0 Å². The van der Waals surface area contributed by atoms with Crippen LogP contribution in [-0.4, -0.2) is 41.4 Å². The predicted octanol–water partition coefficient (Wildman–Crippen LogP) is 0.644. The van der Waals surface area contributed by atoms with Crippen molar-refractivity contribution in [2.75, 3.05) is 19.0 Å². The van der Waals surface area contributed by atoms with Gasteiger partial charge in [-0.1, -0.05) is 5.16 Å². The van der Waals surface area contributed by atoms with E-state index in [1.54, 1.807) is 6.92 Å². The van der Waals surface area contributed by atoms with Crippen LogP contribution >= 0.6 is 11.5 Å². The predicted molar refractivity (Wildman–Crippen MR) is 61.7 cm³/mol. The zero-order valence-corrected chi connectivity index (χ0v) is 10.4. The first-order valence-corrected chi connectivity index (χ1v) is 5.49. The minimum Gasteiger partial charge on any atom is -0.465 e. The maximum atomic E-state index is 11.0. The first-order valence-electron chi connectivity index (χ1n) is 4.71. The molecule has 0 aliphatic rings. The molecule has 1 heterocycles. The number of ether oxygens (including phenoxy) is 2. The van der Waals surface area contributed by atoms with Crippen molar-refractivity contribution in [2.45, 2.75) is 6.92 Å². The molecule has 1 N–H and O–H groups in total. The van der Waals surface area contributed by atoms with Crippen molar-refractivity contribution < 1.29 is 23.9 Å². The Hall–Kier alpha value is -2.23. The van der Waals surface area contributed by atoms with Crippen molar-refractivity contribution >= 4 is 34.9 Å². The Labute approximate surface area is 106 Å². The number of rotatable bonds is 5. The van der Waals surface area contributed by atoms with Gasteiger partial charge in [0.2, 0.25) is 5.13 Å². The second-order valence-electron chi connectivity index (χ2n) is 2.58. The smallest absolute Gasteiger partial charge is 0.413 e. The average molecular weight is 274 g/mol. The van der Waals surface area contributed by atoms with E-state index in [0.717, 1.165) is 17.7 Å². The quantitative estimate of drug-likeness (QED) is 0.476. The molecule has 0 unspecified atom stereocenters. The van der Waals surface area contributed by atoms with Crippen LogP contribution in [0.15, 0.2) is 5.16 Å². The van der Waals surface area contributed by atoms with Crippen LogP contribution in [0.1, 0.15) is 6.92 Å². The Morgan fingerprint density at radius 3 is 3.00 bits per heavy atom. The van der Waals surface area contributed by atoms with Gasteiger partial charge in [-0.2, -0.15) is 4.98 Å². The first kappa shape index (κ1) is 13.8. The standard InChI is InChI=1S/C8H10N4O5S/c1-3-16-8(14)11-7-10-6(12-18-7)17-9-4-5(13)15-2/h4H,3H2,1-2H3,(H,10,11,12,14)/b9-4+. The highest BCUT2D eigenvalue weighted by atomic mass is 32.1. The Bertz CT molecular complexity index is 446. The van der Waals surface area contributed by atoms with Crippen molar-refractivity contribution in [3.63, 3.8) is 0 Å². The minimum atomic E-state index is -0.671. The first-order chi connectivity index (χ1) is 8.65. The number of aromatic nitrogens is 2. The third kappa shape index (κ3) is 4.74. The number of amides is 1. The summed E-state index contributed by atoms with van der Waals surface area (Å²) in [4.78, 5) is 30.1. The number of anilines is 1. The van der Waals surface area contributed by atoms with E-state index in [0.29, 0.717) is 0 Å². The molecule has 0 spiro atoms. The highest BCUT2D eigenvalue weighted by molar-refractivity contribution is 7.10. The number of methoxy groups -OCH3 is 1. The van der Waals surface area contributed by atoms with Crippen LogP contribution in [-0.2, 0) is 14.3 Å². The van der Waals surface area contributed by atoms with Crippen molar-refractivity contribution in [3.05, 3.63) is 0 Å². The Kier molecular flexibility index (Phi) is 5.51. The molecule has 0 saturated heterocycles. The summed E-state index contributed by atoms with van der Waals surface area (Å²) in [5.74, 6) is -0.671. The molecular formula is C8H10N4O5S. The van der Waals surface area contributed by atoms with Gasteiger partial charge in [0, 0.05) is 11.5 Å². The third-order valence-electron chi connectivity index (χ3n) is 1.39. The molecule has 0 radical (unpaired) electrons. The highest BCUT2D eigenvalue weighted by Gasteiger charge is 2.09. The zero-order chi connectivity index (χ0) is 13.4. The molecule has 0 bridgehead atoms. The Morgan fingerprint density at radius 1 is 1.56 bits per heavy atom. The largest absolute Gasteiger partial charge is 0.465 e. The normalized spacial score (nSPS) is 10.1. The van der Waals surface area contributed by atoms with E-state index in [-0.39, 0.29) is 17.7 Å². The van der Waals surface area contributed by atoms with Crippen molar-refractivity contribution in [1.29, 1.82) is 0 Å². The molecule has 0 saturated carbocycles. The van der Waals surface area contributed by atoms with E-state index < -0.39 is 12.1 Å². The summed E-state index contributed by atoms with van der Waals surface area (Å²) in [6.07, 6.45) is 0.178. The Balaban J connectivity index is 2.46. The molecule has 9 nitrogen and oxygen atoms in total. The summed E-state index contributed by atoms with van der Waals surface area (Å²) in [7, 11) is 1.21. The number of esters is 1. The summed E-state index contributed by atoms with van der Waals surface area (Å²) in [5.41, 5.74) is 0. The van der Waals surface area contributed by atoms with Crippen LogP contribution in [0.4, 0.5) is 9.93 Å². The topological polar surface area (TPSA) is 112 Å². The molecule has 1 aromatic rings. The van der Waals surface area contributed by atoms with E-state index in [2.05, 4.69) is 34.1 Å². The molecule has 0 aromatic carbocycles. The second-order valence-corrected chi connectivity index (χ2v) is 3.33. The average Bonchev–Trinajstić information content (AvgIpc) is 2.76. The van der Waals surface area contributed by atoms with Crippen LogP contribution in [0, 0.1) is 0 Å². The van der Waals surface area contributed by atoms with Crippen LogP contribution in [0.3, 0.4) is 0 Å². The van der Waals surface area contributed by atoms with Crippen LogP contribution in [0.25, 0.3) is 0 Å². The fraction of sp³-hybridized carbons (Fsp3) is 0.375. The highest BCUT2D eigenvalue weighted by Crippen LogP contribution is 2.16. The molecular weight excluding hydrogens is 264 g/mol. The summed E-state index contributed by atoms with van der Waals surface area (Å²) >= 11 is 0.880. The van der Waals surface area contributed by atoms with Gasteiger partial charge in [-0.05, 0) is 6.92 Å². The molecule has 1 aromatic heterocycles. The second kappa shape index (κ2) is 7.17. The van der Waals surface area contributed by atoms with Gasteiger partial charge in [0.15, 0.2) is 6.21 Å². The van der Waals surface area contributed by atoms with Crippen molar-refractivity contribution in [1.82, 2.24) is 9.36 Å². The summed E-state index contributed by atoms with van der Waals surface area (Å²) in [5, 5.41) is 5.80. The molecule has 0 atom stereocenters. The number of carbonyl (C=O) groups excluding carboxylic acids is 2. The molecule has 0 fully saturated rings. The number of carbonyl (C=O) groups is 2. The molecule has 18 heavy (non-hydrogen) atoms. The molecule has 0 aliphatic carbocycles. The van der Waals surface area contributed by atoms with E-state index >= 15 is 0 Å². The van der Waals surface area contributed by atoms with E-state index in [9.17, 15) is 9.59 Å². The van der Waals surface area contributed by atoms with E-state index in [1.807, 2.05) is 0 Å². The summed E-state index contributed by atoms with van der Waals surface area (Å²) in [6, 6.07) is -0.105. The number of nitrogens with one attached hydrogen (secondary N) is 1. The van der Waals surface area contributed by atoms with E-state index in [4.69, 9.17) is 0 Å². The lowest BCUT2D eigenvalue weighted by Gasteiger charge is -1.99. The SMILES string of the molecule is CCOC(=O)Nc1nc(O/N=C/C(=O)OC)ns1. The lowest BCUT2D eigenvalue weighted by Crippen LogP contribution is -2.12. The van der Waals surface area contributed by atoms with Gasteiger partial charge in [-0.3, -0.25) is 5.32 Å². The van der Waals surface area contributed by atoms with Crippen molar-refractivity contribution in [3.8, 4) is 6.01 Å². The number of hydrogen-bond donors (Lipinski definition) is 1. The van der Waals surface area contributed by atoms with Gasteiger partial charge in [-0.25, -0.2) is 9.59 Å². The molecule has 98 valence electrons. The fourth-order valence-corrected chi connectivity index (χ4v) is 1.21. The number of oxime groups is 1. The molecule has 1 rings (SSSR count). The monoisotopic (exact) mass is 274 g/mol. The third-order valence-corrected chi connectivity index (χ3v) is 2.00. The summed E-state index contributed by atoms with van der Waals surface area (Å²) in [6.45, 7) is 1.92. The zero-order valence-electron chi connectivity index (χ0n) is 9.58. The fourth-order valence-electron chi connectivity index (χ4n) is 0.722. The summed E-state index contributed by atoms with van der Waals surface area (Å²) < 4.78 is 12.7. The molecule has 1 amide bonds. The Morgan fingerprint density at radius 2 is 2.33 bits per heavy atom. The van der Waals surface area contributed by atoms with E-state index in [1.165, 1.54) is 7.11 Å². The maximum Gasteiger partial charge on any atom is 0.413 e. The van der Waals surface area contributed by atoms with Crippen LogP contribution < -0.4 is 10.2 Å². The number of nitrogens with zero attached hydrogens (tertiary/aromatic N) is 3. The molecule has 0 aliphatic heterocycles. The lowest BCUT2D eigenvalue weighted by molar-refractivity contribution is -0.132. The maximum absolute atomic E-state index is 11.0. The van der Waals surface area contributed by atoms with Gasteiger partial charge in [-0.15, -0.1) is 4.37 Å². The van der Waals surface area contributed by atoms with Gasteiger partial charge >= 0.3 is 18.1 Å². The van der Waals surface area contributed by atoms with Gasteiger partial charge < -0.3 is 14.3 Å². The van der Waals surface area contributed by atoms with Crippen LogP contribution in [0.2, 0.25) is 0 Å². The van der Waals surface area contributed by atoms with Gasteiger partial charge in [0.1, 0.15) is 0 Å². The molecule has 10 heteroatoms.